The van der Waals surface area contributed by atoms with Crippen molar-refractivity contribution >= 4 is 15.9 Å². The van der Waals surface area contributed by atoms with Gasteiger partial charge in [-0.1, -0.05) is 48.0 Å². The van der Waals surface area contributed by atoms with E-state index in [0.717, 1.165) is 31.6 Å². The average Bonchev–Trinajstić information content (AvgIpc) is 3.33. The quantitative estimate of drug-likeness (QED) is 0.537. The Bertz CT molecular complexity index is 1210. The van der Waals surface area contributed by atoms with E-state index in [1.807, 2.05) is 25.1 Å². The number of aliphatic hydroxyl groups excluding tert-OH is 1. The van der Waals surface area contributed by atoms with Gasteiger partial charge in [-0.2, -0.15) is 4.31 Å². The van der Waals surface area contributed by atoms with Crippen molar-refractivity contribution in [1.82, 2.24) is 14.5 Å². The molecule has 0 spiro atoms. The van der Waals surface area contributed by atoms with Crippen molar-refractivity contribution in [3.05, 3.63) is 65.7 Å². The predicted molar refractivity (Wildman–Crippen MR) is 146 cm³/mol. The van der Waals surface area contributed by atoms with Gasteiger partial charge in [-0.25, -0.2) is 8.42 Å². The monoisotopic (exact) mass is 557 g/mol. The number of amides is 1. The number of sulfonamides is 1. The molecule has 2 N–H and O–H groups in total. The van der Waals surface area contributed by atoms with Crippen LogP contribution in [0.2, 0.25) is 0 Å². The molecule has 0 unspecified atom stereocenters. The summed E-state index contributed by atoms with van der Waals surface area (Å²) in [5.74, 6) is -0.0451. The summed E-state index contributed by atoms with van der Waals surface area (Å²) < 4.78 is 40.5. The number of nitrogens with zero attached hydrogens (tertiary/aromatic N) is 2. The number of nitrogens with one attached hydrogen (secondary N) is 1. The van der Waals surface area contributed by atoms with Crippen molar-refractivity contribution in [2.24, 2.45) is 0 Å². The zero-order chi connectivity index (χ0) is 27.4. The van der Waals surface area contributed by atoms with Crippen molar-refractivity contribution in [3.8, 4) is 0 Å². The summed E-state index contributed by atoms with van der Waals surface area (Å²) in [6.07, 6.45) is 0.459. The first kappa shape index (κ1) is 28.2. The van der Waals surface area contributed by atoms with Crippen LogP contribution in [-0.4, -0.2) is 91.9 Å². The van der Waals surface area contributed by atoms with Crippen LogP contribution in [0.25, 0.3) is 0 Å². The minimum Gasteiger partial charge on any atom is -0.389 e. The summed E-state index contributed by atoms with van der Waals surface area (Å²) >= 11 is 0. The van der Waals surface area contributed by atoms with Crippen LogP contribution in [0.1, 0.15) is 36.8 Å². The number of carbonyl (C=O) groups excluding carboxylic acids is 1. The third-order valence-corrected chi connectivity index (χ3v) is 9.77. The van der Waals surface area contributed by atoms with Crippen LogP contribution in [0.5, 0.6) is 0 Å². The topological polar surface area (TPSA) is 108 Å². The number of hydrogen-bond donors (Lipinski definition) is 2. The van der Waals surface area contributed by atoms with E-state index < -0.39 is 28.3 Å². The second-order valence-corrected chi connectivity index (χ2v) is 12.9. The maximum Gasteiger partial charge on any atom is 0.243 e. The lowest BCUT2D eigenvalue weighted by molar-refractivity contribution is -0.146. The Hall–Kier alpha value is -2.34. The molecule has 0 bridgehead atoms. The van der Waals surface area contributed by atoms with Gasteiger partial charge < -0.3 is 19.9 Å². The Morgan fingerprint density at radius 1 is 1.03 bits per heavy atom. The zero-order valence-electron chi connectivity index (χ0n) is 22.4. The van der Waals surface area contributed by atoms with E-state index in [0.29, 0.717) is 12.8 Å². The summed E-state index contributed by atoms with van der Waals surface area (Å²) in [5, 5.41) is 13.6. The van der Waals surface area contributed by atoms with Crippen LogP contribution in [-0.2, 0) is 30.8 Å². The second kappa shape index (κ2) is 12.4. The van der Waals surface area contributed by atoms with Crippen LogP contribution in [0.3, 0.4) is 0 Å². The summed E-state index contributed by atoms with van der Waals surface area (Å²) in [6.45, 7) is 4.67. The molecule has 2 aromatic carbocycles. The first-order valence-electron chi connectivity index (χ1n) is 13.8. The molecule has 0 radical (unpaired) electrons. The first-order valence-corrected chi connectivity index (χ1v) is 15.3. The lowest BCUT2D eigenvalue weighted by Gasteiger charge is -2.43. The van der Waals surface area contributed by atoms with E-state index in [1.54, 1.807) is 24.3 Å². The van der Waals surface area contributed by atoms with E-state index >= 15 is 0 Å². The number of carbonyl (C=O) groups is 1. The van der Waals surface area contributed by atoms with E-state index in [4.69, 9.17) is 9.47 Å². The third-order valence-electron chi connectivity index (χ3n) is 7.86. The molecule has 0 saturated carbocycles. The molecular formula is C29H39N3O6S. The van der Waals surface area contributed by atoms with Gasteiger partial charge in [-0.05, 0) is 43.9 Å². The van der Waals surface area contributed by atoms with Crippen LogP contribution >= 0.6 is 0 Å². The molecule has 3 heterocycles. The molecule has 212 valence electrons. The Morgan fingerprint density at radius 3 is 2.56 bits per heavy atom. The van der Waals surface area contributed by atoms with Gasteiger partial charge in [0.1, 0.15) is 0 Å². The Balaban J connectivity index is 1.18. The van der Waals surface area contributed by atoms with Crippen molar-refractivity contribution < 1.29 is 27.8 Å². The van der Waals surface area contributed by atoms with Crippen LogP contribution < -0.4 is 5.32 Å². The van der Waals surface area contributed by atoms with Gasteiger partial charge in [0.25, 0.3) is 0 Å². The lowest BCUT2D eigenvalue weighted by Crippen LogP contribution is -2.57. The van der Waals surface area contributed by atoms with Crippen LogP contribution in [0, 0.1) is 6.92 Å². The normalized spacial score (nSPS) is 28.8. The summed E-state index contributed by atoms with van der Waals surface area (Å²) in [6, 6.07) is 16.7. The minimum atomic E-state index is -3.85. The number of hydrogen-bond acceptors (Lipinski definition) is 7. The molecule has 10 heteroatoms. The molecule has 0 aromatic heterocycles. The highest BCUT2D eigenvalue weighted by Crippen LogP contribution is 2.31. The van der Waals surface area contributed by atoms with E-state index in [1.165, 1.54) is 9.87 Å². The van der Waals surface area contributed by atoms with Gasteiger partial charge in [-0.3, -0.25) is 9.69 Å². The summed E-state index contributed by atoms with van der Waals surface area (Å²) in [7, 11) is -3.85. The fraction of sp³-hybridized carbons (Fsp3) is 0.552. The molecule has 0 aliphatic carbocycles. The van der Waals surface area contributed by atoms with E-state index in [2.05, 4.69) is 22.3 Å². The Labute approximate surface area is 231 Å². The van der Waals surface area contributed by atoms with Crippen LogP contribution in [0.4, 0.5) is 0 Å². The Morgan fingerprint density at radius 2 is 1.79 bits per heavy atom. The van der Waals surface area contributed by atoms with E-state index in [-0.39, 0.29) is 49.1 Å². The number of fused-ring (bicyclic) bond motifs is 1. The maximum absolute atomic E-state index is 13.6. The number of likely N-dealkylation sites (tertiary alicyclic amines) is 1. The summed E-state index contributed by atoms with van der Waals surface area (Å²) in [4.78, 5) is 15.5. The van der Waals surface area contributed by atoms with Gasteiger partial charge in [0, 0.05) is 32.2 Å². The molecular weight excluding hydrogens is 518 g/mol. The molecule has 5 rings (SSSR count). The molecule has 39 heavy (non-hydrogen) atoms. The van der Waals surface area contributed by atoms with Crippen molar-refractivity contribution in [2.75, 3.05) is 32.8 Å². The van der Waals surface area contributed by atoms with Crippen molar-refractivity contribution in [1.29, 1.82) is 0 Å². The second-order valence-electron chi connectivity index (χ2n) is 11.0. The van der Waals surface area contributed by atoms with Gasteiger partial charge in [0.05, 0.1) is 48.9 Å². The van der Waals surface area contributed by atoms with Crippen LogP contribution in [0.15, 0.2) is 59.5 Å². The lowest BCUT2D eigenvalue weighted by atomic mass is 9.96. The molecule has 2 aromatic rings. The number of rotatable bonds is 7. The fourth-order valence-electron chi connectivity index (χ4n) is 5.85. The van der Waals surface area contributed by atoms with Gasteiger partial charge in [0.2, 0.25) is 15.9 Å². The largest absolute Gasteiger partial charge is 0.389 e. The number of benzene rings is 2. The van der Waals surface area contributed by atoms with Crippen molar-refractivity contribution in [3.63, 3.8) is 0 Å². The molecule has 3 aliphatic heterocycles. The number of aryl methyl sites for hydroxylation is 1. The highest BCUT2D eigenvalue weighted by atomic mass is 32.2. The first-order chi connectivity index (χ1) is 18.8. The van der Waals surface area contributed by atoms with E-state index in [9.17, 15) is 18.3 Å². The Kier molecular flexibility index (Phi) is 9.00. The molecule has 3 fully saturated rings. The summed E-state index contributed by atoms with van der Waals surface area (Å²) in [5.41, 5.74) is 2.23. The highest BCUT2D eigenvalue weighted by Gasteiger charge is 2.43. The fourth-order valence-corrected chi connectivity index (χ4v) is 7.56. The number of ether oxygens (including phenoxy) is 2. The van der Waals surface area contributed by atoms with Crippen molar-refractivity contribution in [2.45, 2.75) is 74.4 Å². The predicted octanol–water partition coefficient (Wildman–Crippen LogP) is 2.07. The standard InChI is InChI=1S/C29H39N3O6S/c1-21-7-10-26(11-8-21)39(35,36)32-18-24(33)19-37-20-28-27(32)12-9-25(38-28)15-29(34)30-23-13-14-31(17-23)16-22-5-3-2-4-6-22/h2-8,10-11,23-25,27-28,33H,9,12-20H2,1H3,(H,30,34)/t23-,24+,25+,27+,28-/m1/s1. The van der Waals surface area contributed by atoms with Gasteiger partial charge in [-0.15, -0.1) is 0 Å². The van der Waals surface area contributed by atoms with Gasteiger partial charge >= 0.3 is 0 Å². The zero-order valence-corrected chi connectivity index (χ0v) is 23.3. The maximum atomic E-state index is 13.6. The molecule has 9 nitrogen and oxygen atoms in total. The molecule has 5 atom stereocenters. The smallest absolute Gasteiger partial charge is 0.243 e. The third kappa shape index (κ3) is 7.06. The highest BCUT2D eigenvalue weighted by molar-refractivity contribution is 7.89. The average molecular weight is 558 g/mol. The number of β-amino-alcohol motifs (C(OH)–C–C–N with tert-alkyl or cyclic N) is 1. The molecule has 3 saturated heterocycles. The SMILES string of the molecule is Cc1ccc(S(=O)(=O)N2C[C@H](O)COC[C@H]3O[C@H](CC(=O)N[C@@H]4CCN(Cc5ccccc5)C4)CC[C@@H]32)cc1. The molecule has 1 amide bonds. The van der Waals surface area contributed by atoms with Gasteiger partial charge in [0.15, 0.2) is 0 Å². The number of aliphatic hydroxyl groups is 1. The molecule has 3 aliphatic rings. The minimum absolute atomic E-state index is 0.0266.